The summed E-state index contributed by atoms with van der Waals surface area (Å²) in [5, 5.41) is 0. The van der Waals surface area contributed by atoms with E-state index in [0.717, 1.165) is 43.2 Å². The molecule has 0 spiro atoms. The first-order valence-corrected chi connectivity index (χ1v) is 12.2. The number of carbonyl (C=O) groups excluding carboxylic acids is 2. The number of hydrogen-bond acceptors (Lipinski definition) is 5. The van der Waals surface area contributed by atoms with Crippen molar-refractivity contribution < 1.29 is 19.1 Å². The van der Waals surface area contributed by atoms with Crippen molar-refractivity contribution in [2.24, 2.45) is 0 Å². The summed E-state index contributed by atoms with van der Waals surface area (Å²) in [6.07, 6.45) is 5.36. The van der Waals surface area contributed by atoms with Crippen LogP contribution in [0.2, 0.25) is 0 Å². The van der Waals surface area contributed by atoms with Gasteiger partial charge in [0.2, 0.25) is 0 Å². The van der Waals surface area contributed by atoms with E-state index in [1.807, 2.05) is 63.2 Å². The Labute approximate surface area is 203 Å². The van der Waals surface area contributed by atoms with E-state index in [9.17, 15) is 9.59 Å². The lowest BCUT2D eigenvalue weighted by molar-refractivity contribution is 0.0577. The van der Waals surface area contributed by atoms with Crippen LogP contribution in [0.4, 0.5) is 15.4 Å². The molecule has 184 valence electrons. The van der Waals surface area contributed by atoms with Gasteiger partial charge in [-0.25, -0.2) is 14.6 Å². The van der Waals surface area contributed by atoms with Crippen LogP contribution in [0.25, 0.3) is 0 Å². The van der Waals surface area contributed by atoms with Crippen LogP contribution in [-0.4, -0.2) is 40.8 Å². The maximum absolute atomic E-state index is 13.1. The van der Waals surface area contributed by atoms with E-state index >= 15 is 0 Å². The summed E-state index contributed by atoms with van der Waals surface area (Å²) in [6.45, 7) is 8.98. The molecule has 1 unspecified atom stereocenters. The first-order valence-electron chi connectivity index (χ1n) is 12.2. The topological polar surface area (TPSA) is 72.0 Å². The van der Waals surface area contributed by atoms with Crippen LogP contribution >= 0.6 is 0 Å². The van der Waals surface area contributed by atoms with Gasteiger partial charge in [-0.1, -0.05) is 49.7 Å². The van der Waals surface area contributed by atoms with Crippen molar-refractivity contribution in [3.63, 3.8) is 0 Å². The molecule has 2 heterocycles. The van der Waals surface area contributed by atoms with Crippen molar-refractivity contribution in [1.82, 2.24) is 9.88 Å². The second kappa shape index (κ2) is 11.9. The number of anilines is 1. The van der Waals surface area contributed by atoms with Gasteiger partial charge in [0.15, 0.2) is 0 Å². The number of likely N-dealkylation sites (tertiary alicyclic amines) is 1. The van der Waals surface area contributed by atoms with Gasteiger partial charge in [0.05, 0.1) is 6.04 Å². The van der Waals surface area contributed by atoms with Crippen LogP contribution < -0.4 is 4.90 Å². The van der Waals surface area contributed by atoms with E-state index in [-0.39, 0.29) is 18.7 Å². The van der Waals surface area contributed by atoms with Crippen LogP contribution in [0.1, 0.15) is 77.0 Å². The quantitative estimate of drug-likeness (QED) is 0.465. The summed E-state index contributed by atoms with van der Waals surface area (Å²) in [6, 6.07) is 13.3. The molecule has 0 radical (unpaired) electrons. The van der Waals surface area contributed by atoms with E-state index in [1.165, 1.54) is 0 Å². The van der Waals surface area contributed by atoms with Crippen LogP contribution in [0, 0.1) is 0 Å². The van der Waals surface area contributed by atoms with Gasteiger partial charge < -0.3 is 14.4 Å². The first-order chi connectivity index (χ1) is 16.3. The third kappa shape index (κ3) is 6.95. The minimum Gasteiger partial charge on any atom is -0.445 e. The molecule has 1 aromatic heterocycles. The second-order valence-electron chi connectivity index (χ2n) is 9.65. The van der Waals surface area contributed by atoms with Crippen LogP contribution in [0.15, 0.2) is 48.7 Å². The summed E-state index contributed by atoms with van der Waals surface area (Å²) in [4.78, 5) is 34.2. The van der Waals surface area contributed by atoms with Gasteiger partial charge in [-0.3, -0.25) is 4.90 Å². The summed E-state index contributed by atoms with van der Waals surface area (Å²) in [5.41, 5.74) is 1.18. The number of carbonyl (C=O) groups is 2. The number of nitrogens with zero attached hydrogens (tertiary/aromatic N) is 3. The van der Waals surface area contributed by atoms with Crippen LogP contribution in [-0.2, 0) is 16.1 Å². The molecule has 34 heavy (non-hydrogen) atoms. The zero-order chi connectivity index (χ0) is 24.6. The zero-order valence-electron chi connectivity index (χ0n) is 20.8. The van der Waals surface area contributed by atoms with Gasteiger partial charge in [-0.2, -0.15) is 0 Å². The molecule has 1 aromatic carbocycles. The predicted molar refractivity (Wildman–Crippen MR) is 133 cm³/mol. The smallest absolute Gasteiger partial charge is 0.416 e. The summed E-state index contributed by atoms with van der Waals surface area (Å²) in [7, 11) is 0. The van der Waals surface area contributed by atoms with E-state index in [1.54, 1.807) is 16.0 Å². The summed E-state index contributed by atoms with van der Waals surface area (Å²) >= 11 is 0. The molecule has 2 amide bonds. The Kier molecular flexibility index (Phi) is 8.91. The van der Waals surface area contributed by atoms with Crippen molar-refractivity contribution in [2.75, 3.05) is 18.0 Å². The maximum Gasteiger partial charge on any atom is 0.416 e. The molecular weight excluding hydrogens is 430 g/mol. The number of pyridine rings is 1. The molecule has 3 rings (SSSR count). The summed E-state index contributed by atoms with van der Waals surface area (Å²) < 4.78 is 11.4. The van der Waals surface area contributed by atoms with Crippen molar-refractivity contribution in [3.8, 4) is 0 Å². The molecule has 1 saturated heterocycles. The molecule has 0 bridgehead atoms. The lowest BCUT2D eigenvalue weighted by atomic mass is 9.95. The predicted octanol–water partition coefficient (Wildman–Crippen LogP) is 6.49. The molecule has 7 nitrogen and oxygen atoms in total. The van der Waals surface area contributed by atoms with Crippen molar-refractivity contribution in [3.05, 3.63) is 59.8 Å². The fourth-order valence-corrected chi connectivity index (χ4v) is 4.09. The maximum atomic E-state index is 13.1. The Morgan fingerprint density at radius 2 is 1.88 bits per heavy atom. The number of piperidine rings is 1. The fourth-order valence-electron chi connectivity index (χ4n) is 4.09. The lowest BCUT2D eigenvalue weighted by Crippen LogP contribution is -2.42. The van der Waals surface area contributed by atoms with Gasteiger partial charge in [0, 0.05) is 24.8 Å². The number of ether oxygens (including phenoxy) is 2. The Balaban J connectivity index is 1.86. The van der Waals surface area contributed by atoms with Gasteiger partial charge in [-0.15, -0.1) is 0 Å². The number of benzene rings is 1. The van der Waals surface area contributed by atoms with Gasteiger partial charge in [0.1, 0.15) is 18.0 Å². The molecule has 0 N–H and O–H groups in total. The molecule has 2 aromatic rings. The first kappa shape index (κ1) is 25.5. The molecule has 0 saturated carbocycles. The van der Waals surface area contributed by atoms with Gasteiger partial charge >= 0.3 is 12.2 Å². The largest absolute Gasteiger partial charge is 0.445 e. The average molecular weight is 468 g/mol. The zero-order valence-corrected chi connectivity index (χ0v) is 20.8. The number of rotatable bonds is 7. The van der Waals surface area contributed by atoms with E-state index < -0.39 is 11.7 Å². The SMILES string of the molecule is CCCCN(C(=O)OC(C)(C)C)c1ncccc1C1CCCCN1C(=O)OCc1ccccc1. The van der Waals surface area contributed by atoms with E-state index in [4.69, 9.17) is 9.47 Å². The second-order valence-corrected chi connectivity index (χ2v) is 9.65. The van der Waals surface area contributed by atoms with Gasteiger partial charge in [0.25, 0.3) is 0 Å². The third-order valence-electron chi connectivity index (χ3n) is 5.72. The molecule has 1 aliphatic heterocycles. The van der Waals surface area contributed by atoms with Crippen LogP contribution in [0.5, 0.6) is 0 Å². The molecule has 1 atom stereocenters. The number of hydrogen-bond donors (Lipinski definition) is 0. The number of amides is 2. The van der Waals surface area contributed by atoms with Crippen LogP contribution in [0.3, 0.4) is 0 Å². The van der Waals surface area contributed by atoms with Gasteiger partial charge in [-0.05, 0) is 58.1 Å². The number of aromatic nitrogens is 1. The Morgan fingerprint density at radius 3 is 2.59 bits per heavy atom. The Morgan fingerprint density at radius 1 is 1.12 bits per heavy atom. The fraction of sp³-hybridized carbons (Fsp3) is 0.519. The molecule has 1 fully saturated rings. The molecule has 1 aliphatic rings. The Bertz CT molecular complexity index is 942. The Hall–Kier alpha value is -3.09. The minimum atomic E-state index is -0.616. The standard InChI is InChI=1S/C27H37N3O4/c1-5-6-18-30(26(32)34-27(2,3)4)24-22(15-12-17-28-24)23-16-10-11-19-29(23)25(31)33-20-21-13-8-7-9-14-21/h7-9,12-15,17,23H,5-6,10-11,16,18-20H2,1-4H3. The summed E-state index contributed by atoms with van der Waals surface area (Å²) in [5.74, 6) is 0.554. The monoisotopic (exact) mass is 467 g/mol. The highest BCUT2D eigenvalue weighted by atomic mass is 16.6. The van der Waals surface area contributed by atoms with Crippen molar-refractivity contribution in [2.45, 2.75) is 78.0 Å². The molecule has 0 aliphatic carbocycles. The average Bonchev–Trinajstić information content (AvgIpc) is 2.82. The highest BCUT2D eigenvalue weighted by molar-refractivity contribution is 5.87. The normalized spacial score (nSPS) is 16.1. The highest BCUT2D eigenvalue weighted by Crippen LogP contribution is 2.36. The third-order valence-corrected chi connectivity index (χ3v) is 5.72. The minimum absolute atomic E-state index is 0.215. The highest BCUT2D eigenvalue weighted by Gasteiger charge is 2.34. The molecule has 7 heteroatoms. The number of unbranched alkanes of at least 4 members (excludes halogenated alkanes) is 1. The van der Waals surface area contributed by atoms with Crippen molar-refractivity contribution in [1.29, 1.82) is 0 Å². The lowest BCUT2D eigenvalue weighted by Gasteiger charge is -2.37. The van der Waals surface area contributed by atoms with E-state index in [0.29, 0.717) is 18.9 Å². The van der Waals surface area contributed by atoms with Crippen molar-refractivity contribution >= 4 is 18.0 Å². The molecular formula is C27H37N3O4. The van der Waals surface area contributed by atoms with E-state index in [2.05, 4.69) is 11.9 Å².